The van der Waals surface area contributed by atoms with Crippen molar-refractivity contribution in [1.82, 2.24) is 20.0 Å². The number of aryl methyl sites for hydroxylation is 2. The number of aromatic nitrogens is 4. The minimum Gasteiger partial charge on any atom is -0.296 e. The molecule has 7 heteroatoms. The Hall–Kier alpha value is -2.41. The van der Waals surface area contributed by atoms with Gasteiger partial charge in [-0.05, 0) is 26.0 Å². The third-order valence-corrected chi connectivity index (χ3v) is 4.18. The fourth-order valence-electron chi connectivity index (χ4n) is 1.96. The van der Waals surface area contributed by atoms with Crippen molar-refractivity contribution >= 4 is 17.6 Å². The first-order chi connectivity index (χ1) is 10.1. The van der Waals surface area contributed by atoms with E-state index in [4.69, 9.17) is 0 Å². The van der Waals surface area contributed by atoms with Gasteiger partial charge in [-0.25, -0.2) is 9.37 Å². The van der Waals surface area contributed by atoms with Gasteiger partial charge in [-0.15, -0.1) is 5.10 Å². The summed E-state index contributed by atoms with van der Waals surface area (Å²) in [7, 11) is 0. The molecule has 0 fully saturated rings. The average molecular weight is 302 g/mol. The second kappa shape index (κ2) is 5.17. The highest BCUT2D eigenvalue weighted by atomic mass is 32.1. The average Bonchev–Trinajstić information content (AvgIpc) is 3.03. The van der Waals surface area contributed by atoms with E-state index in [-0.39, 0.29) is 11.3 Å². The van der Waals surface area contributed by atoms with Crippen molar-refractivity contribution in [2.45, 2.75) is 13.8 Å². The van der Waals surface area contributed by atoms with Crippen LogP contribution in [0.25, 0.3) is 16.4 Å². The van der Waals surface area contributed by atoms with Crippen LogP contribution in [-0.2, 0) is 0 Å². The fraction of sp³-hybridized carbons (Fsp3) is 0.143. The van der Waals surface area contributed by atoms with E-state index in [0.29, 0.717) is 17.1 Å². The Morgan fingerprint density at radius 1 is 1.29 bits per heavy atom. The lowest BCUT2D eigenvalue weighted by Gasteiger charge is -2.04. The summed E-state index contributed by atoms with van der Waals surface area (Å²) in [4.78, 5) is 16.6. The molecule has 106 valence electrons. The molecule has 0 aliphatic carbocycles. The summed E-state index contributed by atoms with van der Waals surface area (Å²) < 4.78 is 15.5. The summed E-state index contributed by atoms with van der Waals surface area (Å²) >= 11 is 1.42. The molecule has 0 unspecified atom stereocenters. The highest BCUT2D eigenvalue weighted by Crippen LogP contribution is 2.29. The number of thiazole rings is 1. The molecule has 0 atom stereocenters. The molecule has 3 aromatic rings. The Kier molecular flexibility index (Phi) is 3.34. The van der Waals surface area contributed by atoms with Gasteiger partial charge in [0.1, 0.15) is 11.5 Å². The molecule has 0 spiro atoms. The van der Waals surface area contributed by atoms with Gasteiger partial charge in [-0.2, -0.15) is 4.68 Å². The number of benzene rings is 1. The fourth-order valence-corrected chi connectivity index (χ4v) is 2.82. The molecule has 0 radical (unpaired) electrons. The van der Waals surface area contributed by atoms with Gasteiger partial charge in [0.2, 0.25) is 5.13 Å². The quantitative estimate of drug-likeness (QED) is 0.698. The van der Waals surface area contributed by atoms with Crippen LogP contribution >= 0.6 is 11.3 Å². The predicted molar refractivity (Wildman–Crippen MR) is 77.3 cm³/mol. The Bertz CT molecular complexity index is 805. The summed E-state index contributed by atoms with van der Waals surface area (Å²) in [6.07, 6.45) is 0.568. The van der Waals surface area contributed by atoms with Gasteiger partial charge in [0.05, 0.1) is 5.69 Å². The van der Waals surface area contributed by atoms with Crippen molar-refractivity contribution in [1.29, 1.82) is 0 Å². The number of carbonyl (C=O) groups excluding carboxylic acids is 1. The number of aldehydes is 1. The molecule has 1 aromatic carbocycles. The lowest BCUT2D eigenvalue weighted by Crippen LogP contribution is -2.01. The van der Waals surface area contributed by atoms with Crippen molar-refractivity contribution in [3.05, 3.63) is 46.3 Å². The SMILES string of the molecule is Cc1nc(-n2nnc(C=O)c2-c2ccccc2F)sc1C. The van der Waals surface area contributed by atoms with Crippen LogP contribution in [0.4, 0.5) is 4.39 Å². The standard InChI is InChI=1S/C14H11FN4OS/c1-8-9(2)21-14(16-8)19-13(12(7-20)17-18-19)10-5-3-4-6-11(10)15/h3-7H,1-2H3. The van der Waals surface area contributed by atoms with Crippen LogP contribution in [0.2, 0.25) is 0 Å². The lowest BCUT2D eigenvalue weighted by atomic mass is 10.1. The number of carbonyl (C=O) groups is 1. The Morgan fingerprint density at radius 2 is 2.05 bits per heavy atom. The molecule has 0 aliphatic heterocycles. The molecular formula is C14H11FN4OS. The largest absolute Gasteiger partial charge is 0.296 e. The van der Waals surface area contributed by atoms with Crippen LogP contribution in [0, 0.1) is 19.7 Å². The van der Waals surface area contributed by atoms with Crippen molar-refractivity contribution < 1.29 is 9.18 Å². The molecule has 0 N–H and O–H groups in total. The van der Waals surface area contributed by atoms with Crippen LogP contribution < -0.4 is 0 Å². The predicted octanol–water partition coefficient (Wildman–Crippen LogP) is 2.96. The molecule has 21 heavy (non-hydrogen) atoms. The number of halogens is 1. The first-order valence-corrected chi connectivity index (χ1v) is 7.03. The topological polar surface area (TPSA) is 60.7 Å². The van der Waals surface area contributed by atoms with E-state index >= 15 is 0 Å². The zero-order valence-electron chi connectivity index (χ0n) is 11.4. The second-order valence-corrected chi connectivity index (χ2v) is 5.65. The number of hydrogen-bond acceptors (Lipinski definition) is 5. The molecule has 0 amide bonds. The number of rotatable bonds is 3. The summed E-state index contributed by atoms with van der Waals surface area (Å²) in [5.74, 6) is -0.436. The zero-order chi connectivity index (χ0) is 15.0. The van der Waals surface area contributed by atoms with Crippen molar-refractivity contribution in [3.63, 3.8) is 0 Å². The zero-order valence-corrected chi connectivity index (χ0v) is 12.2. The maximum Gasteiger partial charge on any atom is 0.212 e. The molecule has 0 aliphatic rings. The van der Waals surface area contributed by atoms with E-state index in [1.807, 2.05) is 13.8 Å². The van der Waals surface area contributed by atoms with Gasteiger partial charge in [0.15, 0.2) is 12.0 Å². The first-order valence-electron chi connectivity index (χ1n) is 6.22. The van der Waals surface area contributed by atoms with E-state index in [2.05, 4.69) is 15.3 Å². The van der Waals surface area contributed by atoms with Gasteiger partial charge in [0.25, 0.3) is 0 Å². The number of hydrogen-bond donors (Lipinski definition) is 0. The lowest BCUT2D eigenvalue weighted by molar-refractivity contribution is 0.111. The Morgan fingerprint density at radius 3 is 2.67 bits per heavy atom. The third-order valence-electron chi connectivity index (χ3n) is 3.14. The molecular weight excluding hydrogens is 291 g/mol. The van der Waals surface area contributed by atoms with Crippen LogP contribution in [-0.4, -0.2) is 26.3 Å². The summed E-state index contributed by atoms with van der Waals surface area (Å²) in [5.41, 5.74) is 1.55. The molecule has 3 rings (SSSR count). The maximum atomic E-state index is 14.0. The van der Waals surface area contributed by atoms with Crippen molar-refractivity contribution in [3.8, 4) is 16.4 Å². The monoisotopic (exact) mass is 302 g/mol. The number of nitrogens with zero attached hydrogens (tertiary/aromatic N) is 4. The van der Waals surface area contributed by atoms with E-state index in [0.717, 1.165) is 10.6 Å². The van der Waals surface area contributed by atoms with Crippen molar-refractivity contribution in [2.75, 3.05) is 0 Å². The van der Waals surface area contributed by atoms with Gasteiger partial charge in [0, 0.05) is 10.4 Å². The third kappa shape index (κ3) is 2.25. The minimum absolute atomic E-state index is 0.0885. The van der Waals surface area contributed by atoms with Crippen LogP contribution in [0.1, 0.15) is 21.1 Å². The highest BCUT2D eigenvalue weighted by molar-refractivity contribution is 7.14. The molecule has 0 bridgehead atoms. The van der Waals surface area contributed by atoms with E-state index in [9.17, 15) is 9.18 Å². The van der Waals surface area contributed by atoms with Crippen LogP contribution in [0.5, 0.6) is 0 Å². The van der Waals surface area contributed by atoms with Gasteiger partial charge >= 0.3 is 0 Å². The summed E-state index contributed by atoms with van der Waals surface area (Å²) in [5, 5.41) is 8.32. The first kappa shape index (κ1) is 13.6. The maximum absolute atomic E-state index is 14.0. The molecule has 5 nitrogen and oxygen atoms in total. The molecule has 0 saturated carbocycles. The van der Waals surface area contributed by atoms with Gasteiger partial charge in [-0.3, -0.25) is 4.79 Å². The van der Waals surface area contributed by atoms with Gasteiger partial charge < -0.3 is 0 Å². The van der Waals surface area contributed by atoms with E-state index in [1.165, 1.54) is 22.1 Å². The molecule has 2 aromatic heterocycles. The summed E-state index contributed by atoms with van der Waals surface area (Å²) in [6.45, 7) is 3.83. The Labute approximate surface area is 124 Å². The Balaban J connectivity index is 2.26. The summed E-state index contributed by atoms with van der Waals surface area (Å²) in [6, 6.07) is 6.21. The second-order valence-electron chi connectivity index (χ2n) is 4.47. The highest BCUT2D eigenvalue weighted by Gasteiger charge is 2.20. The van der Waals surface area contributed by atoms with E-state index in [1.54, 1.807) is 18.2 Å². The van der Waals surface area contributed by atoms with Crippen molar-refractivity contribution in [2.24, 2.45) is 0 Å². The van der Waals surface area contributed by atoms with E-state index < -0.39 is 5.82 Å². The van der Waals surface area contributed by atoms with Gasteiger partial charge in [-0.1, -0.05) is 28.7 Å². The molecule has 0 saturated heterocycles. The minimum atomic E-state index is -0.436. The van der Waals surface area contributed by atoms with Crippen LogP contribution in [0.15, 0.2) is 24.3 Å². The normalized spacial score (nSPS) is 10.8. The smallest absolute Gasteiger partial charge is 0.212 e. The molecule has 2 heterocycles. The van der Waals surface area contributed by atoms with Crippen LogP contribution in [0.3, 0.4) is 0 Å².